The summed E-state index contributed by atoms with van der Waals surface area (Å²) in [5.74, 6) is 1.11. The molecule has 28 heavy (non-hydrogen) atoms. The molecule has 6 heteroatoms. The summed E-state index contributed by atoms with van der Waals surface area (Å²) in [4.78, 5) is 24.5. The molecule has 2 aromatic carbocycles. The third-order valence-corrected chi connectivity index (χ3v) is 4.62. The molecule has 1 heterocycles. The van der Waals surface area contributed by atoms with Gasteiger partial charge in [0.25, 0.3) is 0 Å². The second kappa shape index (κ2) is 9.08. The van der Waals surface area contributed by atoms with Crippen molar-refractivity contribution in [2.75, 3.05) is 20.8 Å². The number of hydrogen-bond acceptors (Lipinski definition) is 4. The zero-order chi connectivity index (χ0) is 19.9. The van der Waals surface area contributed by atoms with Gasteiger partial charge in [-0.25, -0.2) is 0 Å². The Morgan fingerprint density at radius 1 is 0.964 bits per heavy atom. The van der Waals surface area contributed by atoms with E-state index in [4.69, 9.17) is 9.47 Å². The lowest BCUT2D eigenvalue weighted by Crippen LogP contribution is -2.26. The fourth-order valence-corrected chi connectivity index (χ4v) is 3.11. The normalized spacial score (nSPS) is 10.6. The van der Waals surface area contributed by atoms with Crippen LogP contribution in [0.2, 0.25) is 0 Å². The van der Waals surface area contributed by atoms with Crippen LogP contribution in [0, 0.1) is 0 Å². The van der Waals surface area contributed by atoms with E-state index >= 15 is 0 Å². The zero-order valence-electron chi connectivity index (χ0n) is 16.1. The molecule has 0 unspecified atom stereocenters. The predicted octanol–water partition coefficient (Wildman–Crippen LogP) is 3.44. The fourth-order valence-electron chi connectivity index (χ4n) is 3.11. The van der Waals surface area contributed by atoms with Crippen LogP contribution < -0.4 is 14.8 Å². The van der Waals surface area contributed by atoms with Gasteiger partial charge in [-0.2, -0.15) is 0 Å². The first kappa shape index (κ1) is 19.5. The number of methoxy groups -OCH3 is 2. The maximum Gasteiger partial charge on any atom is 0.231 e. The average Bonchev–Trinajstić information content (AvgIpc) is 3.16. The second-order valence-electron chi connectivity index (χ2n) is 6.43. The lowest BCUT2D eigenvalue weighted by molar-refractivity contribution is -0.121. The average molecular weight is 380 g/mol. The molecule has 6 nitrogen and oxygen atoms in total. The lowest BCUT2D eigenvalue weighted by Gasteiger charge is -2.10. The number of benzene rings is 2. The van der Waals surface area contributed by atoms with Crippen molar-refractivity contribution in [3.05, 3.63) is 60.3 Å². The van der Waals surface area contributed by atoms with Gasteiger partial charge in [0.2, 0.25) is 11.8 Å². The molecule has 0 saturated heterocycles. The van der Waals surface area contributed by atoms with E-state index in [0.29, 0.717) is 24.5 Å². The number of ether oxygens (including phenoxy) is 2. The molecule has 1 aromatic heterocycles. The summed E-state index contributed by atoms with van der Waals surface area (Å²) < 4.78 is 12.1. The van der Waals surface area contributed by atoms with E-state index in [9.17, 15) is 9.59 Å². The smallest absolute Gasteiger partial charge is 0.231 e. The van der Waals surface area contributed by atoms with Gasteiger partial charge >= 0.3 is 0 Å². The third-order valence-electron chi connectivity index (χ3n) is 4.62. The van der Waals surface area contributed by atoms with Crippen molar-refractivity contribution in [2.24, 2.45) is 0 Å². The number of amides is 1. The SMILES string of the molecule is COc1ccc(CCNC(=O)CCC(=O)n2ccc3ccccc32)cc1OC. The molecule has 0 aliphatic rings. The van der Waals surface area contributed by atoms with E-state index in [-0.39, 0.29) is 24.7 Å². The summed E-state index contributed by atoms with van der Waals surface area (Å²) in [7, 11) is 3.18. The van der Waals surface area contributed by atoms with Gasteiger partial charge in [-0.15, -0.1) is 0 Å². The number of hydrogen-bond donors (Lipinski definition) is 1. The van der Waals surface area contributed by atoms with Crippen LogP contribution in [0.3, 0.4) is 0 Å². The van der Waals surface area contributed by atoms with Crippen LogP contribution in [-0.2, 0) is 11.2 Å². The van der Waals surface area contributed by atoms with Crippen LogP contribution in [0.4, 0.5) is 0 Å². The number of carbonyl (C=O) groups is 2. The van der Waals surface area contributed by atoms with E-state index in [1.165, 1.54) is 0 Å². The van der Waals surface area contributed by atoms with Crippen LogP contribution >= 0.6 is 0 Å². The van der Waals surface area contributed by atoms with Crippen molar-refractivity contribution < 1.29 is 19.1 Å². The van der Waals surface area contributed by atoms with Gasteiger partial charge in [-0.05, 0) is 36.2 Å². The van der Waals surface area contributed by atoms with E-state index in [1.807, 2.05) is 48.5 Å². The maximum absolute atomic E-state index is 12.4. The van der Waals surface area contributed by atoms with Crippen LogP contribution in [0.1, 0.15) is 23.2 Å². The van der Waals surface area contributed by atoms with Crippen LogP contribution in [0.25, 0.3) is 10.9 Å². The van der Waals surface area contributed by atoms with E-state index in [0.717, 1.165) is 16.5 Å². The molecule has 0 bridgehead atoms. The number of aromatic nitrogens is 1. The molecule has 1 amide bonds. The van der Waals surface area contributed by atoms with Gasteiger partial charge in [0.1, 0.15) is 0 Å². The van der Waals surface area contributed by atoms with Crippen LogP contribution in [-0.4, -0.2) is 37.1 Å². The summed E-state index contributed by atoms with van der Waals surface area (Å²) in [6.45, 7) is 0.495. The highest BCUT2D eigenvalue weighted by Gasteiger charge is 2.11. The second-order valence-corrected chi connectivity index (χ2v) is 6.43. The molecule has 146 valence electrons. The molecule has 0 spiro atoms. The number of rotatable bonds is 8. The first-order valence-electron chi connectivity index (χ1n) is 9.19. The Morgan fingerprint density at radius 3 is 2.54 bits per heavy atom. The van der Waals surface area contributed by atoms with Crippen LogP contribution in [0.5, 0.6) is 11.5 Å². The standard InChI is InChI=1S/C22H24N2O4/c1-27-19-8-7-16(15-20(19)28-2)11-13-23-21(25)9-10-22(26)24-14-12-17-5-3-4-6-18(17)24/h3-8,12,14-15H,9-11,13H2,1-2H3,(H,23,25). The monoisotopic (exact) mass is 380 g/mol. The number of para-hydroxylation sites is 1. The third kappa shape index (κ3) is 4.52. The number of fused-ring (bicyclic) bond motifs is 1. The fraction of sp³-hybridized carbons (Fsp3) is 0.273. The zero-order valence-corrected chi connectivity index (χ0v) is 16.1. The molecule has 0 fully saturated rings. The van der Waals surface area contributed by atoms with Crippen molar-refractivity contribution >= 4 is 22.7 Å². The molecular weight excluding hydrogens is 356 g/mol. The lowest BCUT2D eigenvalue weighted by atomic mass is 10.1. The molecular formula is C22H24N2O4. The van der Waals surface area contributed by atoms with Crippen LogP contribution in [0.15, 0.2) is 54.7 Å². The van der Waals surface area contributed by atoms with Gasteiger partial charge in [-0.3, -0.25) is 14.2 Å². The van der Waals surface area contributed by atoms with Gasteiger partial charge in [0.05, 0.1) is 19.7 Å². The molecule has 0 aliphatic carbocycles. The largest absolute Gasteiger partial charge is 0.493 e. The van der Waals surface area contributed by atoms with E-state index in [1.54, 1.807) is 25.0 Å². The van der Waals surface area contributed by atoms with E-state index < -0.39 is 0 Å². The summed E-state index contributed by atoms with van der Waals surface area (Å²) in [5, 5.41) is 3.87. The van der Waals surface area contributed by atoms with Crippen molar-refractivity contribution in [1.82, 2.24) is 9.88 Å². The molecule has 1 N–H and O–H groups in total. The van der Waals surface area contributed by atoms with Gasteiger partial charge in [0, 0.05) is 31.0 Å². The number of nitrogens with zero attached hydrogens (tertiary/aromatic N) is 1. The topological polar surface area (TPSA) is 69.6 Å². The Morgan fingerprint density at radius 2 is 1.75 bits per heavy atom. The summed E-state index contributed by atoms with van der Waals surface area (Å²) in [5.41, 5.74) is 1.90. The number of nitrogens with one attached hydrogen (secondary N) is 1. The maximum atomic E-state index is 12.4. The van der Waals surface area contributed by atoms with Gasteiger partial charge in [-0.1, -0.05) is 24.3 Å². The van der Waals surface area contributed by atoms with Crippen molar-refractivity contribution in [2.45, 2.75) is 19.3 Å². The molecule has 3 aromatic rings. The van der Waals surface area contributed by atoms with Gasteiger partial charge < -0.3 is 14.8 Å². The molecule has 0 atom stereocenters. The number of carbonyl (C=O) groups excluding carboxylic acids is 2. The quantitative estimate of drug-likeness (QED) is 0.650. The Hall–Kier alpha value is -3.28. The Balaban J connectivity index is 1.46. The molecule has 0 radical (unpaired) electrons. The molecule has 0 saturated carbocycles. The Kier molecular flexibility index (Phi) is 6.32. The molecule has 0 aliphatic heterocycles. The summed E-state index contributed by atoms with van der Waals surface area (Å²) in [6, 6.07) is 15.3. The summed E-state index contributed by atoms with van der Waals surface area (Å²) >= 11 is 0. The molecule has 3 rings (SSSR count). The van der Waals surface area contributed by atoms with E-state index in [2.05, 4.69) is 5.32 Å². The Labute approximate surface area is 164 Å². The van der Waals surface area contributed by atoms with Gasteiger partial charge in [0.15, 0.2) is 11.5 Å². The highest BCUT2D eigenvalue weighted by molar-refractivity contribution is 5.93. The van der Waals surface area contributed by atoms with Crippen molar-refractivity contribution in [3.63, 3.8) is 0 Å². The Bertz CT molecular complexity index is 978. The highest BCUT2D eigenvalue weighted by Crippen LogP contribution is 2.27. The highest BCUT2D eigenvalue weighted by atomic mass is 16.5. The minimum Gasteiger partial charge on any atom is -0.493 e. The minimum atomic E-state index is -0.134. The summed E-state index contributed by atoms with van der Waals surface area (Å²) in [6.07, 6.45) is 2.75. The van der Waals surface area contributed by atoms with Crippen molar-refractivity contribution in [1.29, 1.82) is 0 Å². The predicted molar refractivity (Wildman–Crippen MR) is 108 cm³/mol. The first-order chi connectivity index (χ1) is 13.6. The van der Waals surface area contributed by atoms with Crippen molar-refractivity contribution in [3.8, 4) is 11.5 Å². The first-order valence-corrected chi connectivity index (χ1v) is 9.19. The minimum absolute atomic E-state index is 0.0868.